The van der Waals surface area contributed by atoms with Crippen molar-refractivity contribution in [3.63, 3.8) is 0 Å². The minimum Gasteiger partial charge on any atom is -0.348 e. The number of hydrogen-bond acceptors (Lipinski definition) is 5. The van der Waals surface area contributed by atoms with Gasteiger partial charge in [-0.3, -0.25) is 14.5 Å². The lowest BCUT2D eigenvalue weighted by Crippen LogP contribution is -2.51. The van der Waals surface area contributed by atoms with E-state index in [2.05, 4.69) is 0 Å². The maximum atomic E-state index is 15.2. The number of fused-ring (bicyclic) bond motifs is 1. The Morgan fingerprint density at radius 2 is 1.58 bits per heavy atom. The number of thiophene rings is 2. The van der Waals surface area contributed by atoms with Gasteiger partial charge in [-0.25, -0.2) is 0 Å². The number of hydrogen-bond donors (Lipinski definition) is 0. The highest BCUT2D eigenvalue weighted by atomic mass is 35.5. The molecule has 2 aromatic rings. The first-order valence-electron chi connectivity index (χ1n) is 14.5. The molecule has 2 aliphatic carbocycles. The Morgan fingerprint density at radius 3 is 2.16 bits per heavy atom. The Hall–Kier alpha value is -1.30. The van der Waals surface area contributed by atoms with E-state index in [1.165, 1.54) is 11.3 Å². The van der Waals surface area contributed by atoms with Gasteiger partial charge < -0.3 is 9.80 Å². The first kappa shape index (κ1) is 33.1. The molecule has 0 bridgehead atoms. The minimum absolute atomic E-state index is 0.0205. The van der Waals surface area contributed by atoms with E-state index in [1.54, 1.807) is 19.0 Å². The van der Waals surface area contributed by atoms with Crippen molar-refractivity contribution in [1.29, 1.82) is 0 Å². The van der Waals surface area contributed by atoms with E-state index in [0.29, 0.717) is 56.0 Å². The summed E-state index contributed by atoms with van der Waals surface area (Å²) in [5, 5.41) is -0.158. The predicted molar refractivity (Wildman–Crippen MR) is 170 cm³/mol. The standard InChI is InChI=1S/C30H35Cl3F3N3O2S2/c1-17-7-6-10-29(30(34,35)36,26-22(31)23(32)27(33)43-26)15-20(17)24-18-8-4-5-9-19(18)25(42-24)28(41)39-13-11-38(12-14-39)16-21(40)37(2)3/h4-16H2,1-3H3. The van der Waals surface area contributed by atoms with Gasteiger partial charge in [0.25, 0.3) is 5.91 Å². The highest BCUT2D eigenvalue weighted by Crippen LogP contribution is 2.59. The second kappa shape index (κ2) is 12.8. The Labute approximate surface area is 273 Å². The van der Waals surface area contributed by atoms with Crippen LogP contribution in [0, 0.1) is 0 Å². The van der Waals surface area contributed by atoms with Gasteiger partial charge in [0.1, 0.15) is 9.75 Å². The molecular weight excluding hydrogens is 662 g/mol. The van der Waals surface area contributed by atoms with Crippen LogP contribution in [0.5, 0.6) is 0 Å². The number of rotatable bonds is 5. The second-order valence-electron chi connectivity index (χ2n) is 12.0. The molecule has 0 saturated carbocycles. The van der Waals surface area contributed by atoms with Gasteiger partial charge in [0, 0.05) is 50.0 Å². The molecule has 0 aromatic carbocycles. The summed E-state index contributed by atoms with van der Waals surface area (Å²) >= 11 is 21.0. The van der Waals surface area contributed by atoms with Gasteiger partial charge in [0.15, 0.2) is 0 Å². The monoisotopic (exact) mass is 695 g/mol. The first-order valence-corrected chi connectivity index (χ1v) is 17.3. The molecule has 1 unspecified atom stereocenters. The third kappa shape index (κ3) is 6.26. The molecule has 2 amide bonds. The van der Waals surface area contributed by atoms with E-state index in [4.69, 9.17) is 34.8 Å². The maximum absolute atomic E-state index is 15.2. The van der Waals surface area contributed by atoms with E-state index in [9.17, 15) is 9.59 Å². The Balaban J connectivity index is 1.50. The summed E-state index contributed by atoms with van der Waals surface area (Å²) in [6, 6.07) is 0. The Morgan fingerprint density at radius 1 is 0.930 bits per heavy atom. The molecule has 3 heterocycles. The molecule has 13 heteroatoms. The molecule has 2 aromatic heterocycles. The Kier molecular flexibility index (Phi) is 9.87. The molecule has 3 aliphatic rings. The van der Waals surface area contributed by atoms with Crippen LogP contribution in [0.1, 0.15) is 76.0 Å². The van der Waals surface area contributed by atoms with Gasteiger partial charge in [-0.05, 0) is 75.0 Å². The fraction of sp³-hybridized carbons (Fsp3) is 0.600. The highest BCUT2D eigenvalue weighted by molar-refractivity contribution is 7.18. The smallest absolute Gasteiger partial charge is 0.348 e. The molecule has 1 aliphatic heterocycles. The number of carbonyl (C=O) groups excluding carboxylic acids is 2. The van der Waals surface area contributed by atoms with E-state index < -0.39 is 11.6 Å². The van der Waals surface area contributed by atoms with Gasteiger partial charge in [0.05, 0.1) is 21.5 Å². The normalized spacial score (nSPS) is 22.0. The highest BCUT2D eigenvalue weighted by Gasteiger charge is 2.58. The number of allylic oxidation sites excluding steroid dienone is 2. The topological polar surface area (TPSA) is 43.9 Å². The second-order valence-corrected chi connectivity index (χ2v) is 15.4. The van der Waals surface area contributed by atoms with E-state index in [1.807, 2.05) is 16.7 Å². The summed E-state index contributed by atoms with van der Waals surface area (Å²) in [7, 11) is 3.45. The van der Waals surface area contributed by atoms with Crippen molar-refractivity contribution in [2.45, 2.75) is 69.9 Å². The average molecular weight is 697 g/mol. The van der Waals surface area contributed by atoms with Gasteiger partial charge in [-0.2, -0.15) is 13.2 Å². The van der Waals surface area contributed by atoms with E-state index >= 15 is 13.2 Å². The molecule has 43 heavy (non-hydrogen) atoms. The van der Waals surface area contributed by atoms with E-state index in [0.717, 1.165) is 58.6 Å². The van der Waals surface area contributed by atoms with Crippen LogP contribution in [0.3, 0.4) is 0 Å². The van der Waals surface area contributed by atoms with Crippen LogP contribution < -0.4 is 0 Å². The molecule has 1 fully saturated rings. The van der Waals surface area contributed by atoms with Crippen molar-refractivity contribution in [2.24, 2.45) is 0 Å². The molecule has 5 rings (SSSR count). The van der Waals surface area contributed by atoms with Crippen molar-refractivity contribution in [2.75, 3.05) is 46.8 Å². The van der Waals surface area contributed by atoms with Crippen LogP contribution >= 0.6 is 57.5 Å². The zero-order chi connectivity index (χ0) is 31.3. The van der Waals surface area contributed by atoms with Crippen LogP contribution in [0.15, 0.2) is 5.57 Å². The molecular formula is C30H35Cl3F3N3O2S2. The van der Waals surface area contributed by atoms with Crippen molar-refractivity contribution in [1.82, 2.24) is 14.7 Å². The van der Waals surface area contributed by atoms with Gasteiger partial charge in [-0.1, -0.05) is 40.4 Å². The SMILES string of the molecule is CC1=C(c2sc(C(=O)N3CCN(CC(=O)N(C)C)CC3)c3c2CCCC3)CC(c2sc(Cl)c(Cl)c2Cl)(C(F)(F)F)CCC1. The van der Waals surface area contributed by atoms with E-state index in [-0.39, 0.29) is 43.9 Å². The zero-order valence-electron chi connectivity index (χ0n) is 24.4. The van der Waals surface area contributed by atoms with Crippen molar-refractivity contribution in [3.05, 3.63) is 45.7 Å². The molecule has 0 radical (unpaired) electrons. The number of likely N-dealkylation sites (N-methyl/N-ethyl adjacent to an activating group) is 1. The predicted octanol–water partition coefficient (Wildman–Crippen LogP) is 8.34. The molecule has 1 saturated heterocycles. The summed E-state index contributed by atoms with van der Waals surface area (Å²) in [5.74, 6) is -0.0473. The lowest BCUT2D eigenvalue weighted by molar-refractivity contribution is -0.190. The number of halogens is 6. The molecule has 1 atom stereocenters. The van der Waals surface area contributed by atoms with Crippen LogP contribution in [-0.2, 0) is 23.1 Å². The average Bonchev–Trinajstić information content (AvgIpc) is 3.39. The van der Waals surface area contributed by atoms with Crippen LogP contribution in [0.2, 0.25) is 14.4 Å². The fourth-order valence-corrected chi connectivity index (χ4v) is 10.1. The summed E-state index contributed by atoms with van der Waals surface area (Å²) in [6.07, 6.45) is -0.755. The summed E-state index contributed by atoms with van der Waals surface area (Å²) in [4.78, 5) is 33.0. The van der Waals surface area contributed by atoms with Crippen LogP contribution in [0.4, 0.5) is 13.2 Å². The van der Waals surface area contributed by atoms with Gasteiger partial charge >= 0.3 is 6.18 Å². The molecule has 0 spiro atoms. The number of piperazine rings is 1. The van der Waals surface area contributed by atoms with Crippen molar-refractivity contribution >= 4 is 74.9 Å². The first-order chi connectivity index (χ1) is 20.2. The summed E-state index contributed by atoms with van der Waals surface area (Å²) in [5.41, 5.74) is 1.37. The molecule has 236 valence electrons. The third-order valence-corrected chi connectivity index (χ3v) is 13.2. The lowest BCUT2D eigenvalue weighted by atomic mass is 9.75. The zero-order valence-corrected chi connectivity index (χ0v) is 28.3. The number of nitrogens with zero attached hydrogens (tertiary/aromatic N) is 3. The van der Waals surface area contributed by atoms with Gasteiger partial charge in [0.2, 0.25) is 5.91 Å². The van der Waals surface area contributed by atoms with Crippen molar-refractivity contribution < 1.29 is 22.8 Å². The quantitative estimate of drug-likeness (QED) is 0.316. The van der Waals surface area contributed by atoms with Crippen molar-refractivity contribution in [3.8, 4) is 0 Å². The fourth-order valence-electron chi connectivity index (χ4n) is 6.49. The Bertz CT molecular complexity index is 1440. The lowest BCUT2D eigenvalue weighted by Gasteiger charge is -2.35. The molecule has 0 N–H and O–H groups in total. The third-order valence-electron chi connectivity index (χ3n) is 9.09. The largest absolute Gasteiger partial charge is 0.399 e. The summed E-state index contributed by atoms with van der Waals surface area (Å²) < 4.78 is 45.7. The van der Waals surface area contributed by atoms with Crippen LogP contribution in [-0.4, -0.2) is 79.5 Å². The van der Waals surface area contributed by atoms with Crippen LogP contribution in [0.25, 0.3) is 5.57 Å². The molecule has 5 nitrogen and oxygen atoms in total. The maximum Gasteiger partial charge on any atom is 0.399 e. The summed E-state index contributed by atoms with van der Waals surface area (Å²) in [6.45, 7) is 4.42. The number of alkyl halides is 3. The number of carbonyl (C=O) groups is 2. The van der Waals surface area contributed by atoms with Gasteiger partial charge in [-0.15, -0.1) is 22.7 Å². The minimum atomic E-state index is -4.59. The number of amides is 2.